The van der Waals surface area contributed by atoms with E-state index in [0.29, 0.717) is 5.56 Å². The summed E-state index contributed by atoms with van der Waals surface area (Å²) in [6.07, 6.45) is 1.94. The molecule has 0 fully saturated rings. The van der Waals surface area contributed by atoms with Crippen LogP contribution in [0.5, 0.6) is 0 Å². The van der Waals surface area contributed by atoms with Gasteiger partial charge >= 0.3 is 11.9 Å². The monoisotopic (exact) mass is 324 g/mol. The Balaban J connectivity index is 2.11. The first-order valence-electron chi connectivity index (χ1n) is 6.67. The molecule has 0 spiro atoms. The molecule has 0 atom stereocenters. The second-order valence-corrected chi connectivity index (χ2v) is 4.89. The lowest BCUT2D eigenvalue weighted by Gasteiger charge is -2.16. The summed E-state index contributed by atoms with van der Waals surface area (Å²) in [4.78, 5) is 26.4. The normalized spacial score (nSPS) is 11.3. The Kier molecular flexibility index (Phi) is 4.73. The molecule has 2 N–H and O–H groups in total. The van der Waals surface area contributed by atoms with E-state index in [-0.39, 0.29) is 11.3 Å². The topological polar surface area (TPSA) is 92.4 Å². The van der Waals surface area contributed by atoms with Gasteiger partial charge in [0.05, 0.1) is 18.4 Å². The van der Waals surface area contributed by atoms with Gasteiger partial charge in [0.1, 0.15) is 17.9 Å². The minimum atomic E-state index is -3.35. The fourth-order valence-corrected chi connectivity index (χ4v) is 2.02. The number of pyridine rings is 1. The highest BCUT2D eigenvalue weighted by atomic mass is 19.3. The largest absolute Gasteiger partial charge is 0.481 e. The van der Waals surface area contributed by atoms with Gasteiger partial charge in [0.25, 0.3) is 5.91 Å². The maximum Gasteiger partial charge on any atom is 0.311 e. The van der Waals surface area contributed by atoms with Crippen molar-refractivity contribution in [2.75, 3.05) is 6.54 Å². The van der Waals surface area contributed by atoms with Crippen molar-refractivity contribution >= 4 is 11.9 Å². The minimum Gasteiger partial charge on any atom is -0.481 e. The van der Waals surface area contributed by atoms with Gasteiger partial charge in [0.2, 0.25) is 0 Å². The summed E-state index contributed by atoms with van der Waals surface area (Å²) in [5.41, 5.74) is -0.126. The molecule has 2 rings (SSSR count). The number of amides is 1. The number of halogens is 2. The maximum atomic E-state index is 14.0. The van der Waals surface area contributed by atoms with Gasteiger partial charge in [-0.05, 0) is 19.1 Å². The van der Waals surface area contributed by atoms with Crippen molar-refractivity contribution in [2.45, 2.75) is 19.3 Å². The highest BCUT2D eigenvalue weighted by Crippen LogP contribution is 2.25. The van der Waals surface area contributed by atoms with Crippen LogP contribution in [0, 0.1) is 6.92 Å². The van der Waals surface area contributed by atoms with E-state index in [2.05, 4.69) is 10.3 Å². The smallest absolute Gasteiger partial charge is 0.311 e. The van der Waals surface area contributed by atoms with Crippen LogP contribution in [0.15, 0.2) is 35.1 Å². The molecule has 2 aromatic heterocycles. The summed E-state index contributed by atoms with van der Waals surface area (Å²) >= 11 is 0. The summed E-state index contributed by atoms with van der Waals surface area (Å²) in [7, 11) is 0. The zero-order chi connectivity index (χ0) is 17.0. The van der Waals surface area contributed by atoms with E-state index < -0.39 is 36.5 Å². The zero-order valence-electron chi connectivity index (χ0n) is 12.2. The van der Waals surface area contributed by atoms with Crippen LogP contribution in [0.2, 0.25) is 0 Å². The summed E-state index contributed by atoms with van der Waals surface area (Å²) in [5, 5.41) is 10.9. The molecule has 0 radical (unpaired) electrons. The molecule has 0 aliphatic rings. The van der Waals surface area contributed by atoms with E-state index in [1.165, 1.54) is 31.5 Å². The number of nitrogens with one attached hydrogen (secondary N) is 1. The number of aryl methyl sites for hydroxylation is 1. The molecule has 0 aromatic carbocycles. The van der Waals surface area contributed by atoms with Crippen LogP contribution in [0.25, 0.3) is 0 Å². The SMILES string of the molecule is Cc1coc(CC(=O)O)c1C(=O)NCC(F)(F)c1ccccn1. The summed E-state index contributed by atoms with van der Waals surface area (Å²) in [6.45, 7) is 0.570. The van der Waals surface area contributed by atoms with Gasteiger partial charge in [-0.3, -0.25) is 14.6 Å². The molecule has 1 amide bonds. The first-order chi connectivity index (χ1) is 10.8. The van der Waals surface area contributed by atoms with E-state index >= 15 is 0 Å². The average molecular weight is 324 g/mol. The van der Waals surface area contributed by atoms with Crippen molar-refractivity contribution in [3.05, 3.63) is 53.2 Å². The number of aromatic nitrogens is 1. The lowest BCUT2D eigenvalue weighted by molar-refractivity contribution is -0.136. The van der Waals surface area contributed by atoms with Crippen molar-refractivity contribution in [2.24, 2.45) is 0 Å². The van der Waals surface area contributed by atoms with Crippen LogP contribution >= 0.6 is 0 Å². The highest BCUT2D eigenvalue weighted by molar-refractivity contribution is 5.97. The summed E-state index contributed by atoms with van der Waals surface area (Å²) in [5.74, 6) is -5.43. The van der Waals surface area contributed by atoms with Gasteiger partial charge in [0.15, 0.2) is 0 Å². The Morgan fingerprint density at radius 1 is 1.39 bits per heavy atom. The van der Waals surface area contributed by atoms with Crippen LogP contribution < -0.4 is 5.32 Å². The predicted molar refractivity (Wildman–Crippen MR) is 75.2 cm³/mol. The number of carbonyl (C=O) groups is 2. The molecular weight excluding hydrogens is 310 g/mol. The number of hydrogen-bond acceptors (Lipinski definition) is 4. The first kappa shape index (κ1) is 16.6. The summed E-state index contributed by atoms with van der Waals surface area (Å²) in [6, 6.07) is 4.08. The molecule has 23 heavy (non-hydrogen) atoms. The molecule has 0 saturated heterocycles. The number of carboxylic acid groups (broad SMARTS) is 1. The highest BCUT2D eigenvalue weighted by Gasteiger charge is 2.34. The maximum absolute atomic E-state index is 14.0. The lowest BCUT2D eigenvalue weighted by Crippen LogP contribution is -2.36. The molecular formula is C15H14F2N2O4. The number of rotatable bonds is 6. The van der Waals surface area contributed by atoms with Gasteiger partial charge in [-0.2, -0.15) is 8.78 Å². The second-order valence-electron chi connectivity index (χ2n) is 4.89. The number of carbonyl (C=O) groups excluding carboxylic acids is 1. The predicted octanol–water partition coefficient (Wildman–Crippen LogP) is 2.13. The fourth-order valence-electron chi connectivity index (χ4n) is 2.02. The van der Waals surface area contributed by atoms with E-state index in [0.717, 1.165) is 6.07 Å². The van der Waals surface area contributed by atoms with Crippen LogP contribution in [0.4, 0.5) is 8.78 Å². The molecule has 0 aliphatic carbocycles. The van der Waals surface area contributed by atoms with E-state index in [9.17, 15) is 18.4 Å². The molecule has 2 aromatic rings. The Bertz CT molecular complexity index is 714. The van der Waals surface area contributed by atoms with Gasteiger partial charge in [-0.15, -0.1) is 0 Å². The van der Waals surface area contributed by atoms with E-state index in [4.69, 9.17) is 9.52 Å². The Morgan fingerprint density at radius 3 is 2.74 bits per heavy atom. The van der Waals surface area contributed by atoms with Crippen LogP contribution in [-0.2, 0) is 17.1 Å². The molecule has 122 valence electrons. The average Bonchev–Trinajstić information content (AvgIpc) is 2.86. The molecule has 0 unspecified atom stereocenters. The van der Waals surface area contributed by atoms with Crippen molar-refractivity contribution in [3.8, 4) is 0 Å². The van der Waals surface area contributed by atoms with Crippen molar-refractivity contribution in [3.63, 3.8) is 0 Å². The standard InChI is InChI=1S/C15H14F2N2O4/c1-9-7-23-10(6-12(20)21)13(9)14(22)19-8-15(16,17)11-4-2-3-5-18-11/h2-5,7H,6,8H2,1H3,(H,19,22)(H,20,21). The van der Waals surface area contributed by atoms with Gasteiger partial charge in [0, 0.05) is 11.8 Å². The number of hydrogen-bond donors (Lipinski definition) is 2. The number of furan rings is 1. The Hall–Kier alpha value is -2.77. The van der Waals surface area contributed by atoms with Crippen LogP contribution in [0.3, 0.4) is 0 Å². The fraction of sp³-hybridized carbons (Fsp3) is 0.267. The number of carboxylic acids is 1. The molecule has 2 heterocycles. The van der Waals surface area contributed by atoms with Crippen molar-refractivity contribution in [1.29, 1.82) is 0 Å². The van der Waals surface area contributed by atoms with Gasteiger partial charge in [-0.1, -0.05) is 6.07 Å². The second kappa shape index (κ2) is 6.55. The molecule has 0 saturated carbocycles. The lowest BCUT2D eigenvalue weighted by atomic mass is 10.1. The molecule has 0 aliphatic heterocycles. The van der Waals surface area contributed by atoms with E-state index in [1.54, 1.807) is 0 Å². The minimum absolute atomic E-state index is 0.0378. The van der Waals surface area contributed by atoms with Crippen molar-refractivity contribution < 1.29 is 27.9 Å². The zero-order valence-corrected chi connectivity index (χ0v) is 12.2. The summed E-state index contributed by atoms with van der Waals surface area (Å²) < 4.78 is 33.0. The van der Waals surface area contributed by atoms with Gasteiger partial charge < -0.3 is 14.8 Å². The number of aliphatic carboxylic acids is 1. The number of alkyl halides is 2. The number of nitrogens with zero attached hydrogens (tertiary/aromatic N) is 1. The van der Waals surface area contributed by atoms with E-state index in [1.807, 2.05) is 0 Å². The van der Waals surface area contributed by atoms with Crippen LogP contribution in [0.1, 0.15) is 27.4 Å². The van der Waals surface area contributed by atoms with Crippen molar-refractivity contribution in [1.82, 2.24) is 10.3 Å². The Morgan fingerprint density at radius 2 is 2.13 bits per heavy atom. The molecule has 8 heteroatoms. The first-order valence-corrected chi connectivity index (χ1v) is 6.67. The molecule has 6 nitrogen and oxygen atoms in total. The quantitative estimate of drug-likeness (QED) is 0.849. The van der Waals surface area contributed by atoms with Crippen LogP contribution in [-0.4, -0.2) is 28.5 Å². The van der Waals surface area contributed by atoms with Gasteiger partial charge in [-0.25, -0.2) is 0 Å². The molecule has 0 bridgehead atoms. The third kappa shape index (κ3) is 3.91. The third-order valence-corrected chi connectivity index (χ3v) is 3.10. The third-order valence-electron chi connectivity index (χ3n) is 3.10. The Labute approximate surface area is 130 Å².